The van der Waals surface area contributed by atoms with Crippen LogP contribution in [0.15, 0.2) is 66.7 Å². The first kappa shape index (κ1) is 23.6. The third-order valence-electron chi connectivity index (χ3n) is 5.74. The van der Waals surface area contributed by atoms with E-state index in [0.29, 0.717) is 0 Å². The predicted octanol–water partition coefficient (Wildman–Crippen LogP) is 5.89. The number of nitrogens with one attached hydrogen (secondary N) is 1. The minimum Gasteiger partial charge on any atom is -0.480 e. The van der Waals surface area contributed by atoms with Gasteiger partial charge in [-0.25, -0.2) is 9.59 Å². The number of carbonyl (C=O) groups excluding carboxylic acids is 1. The molecule has 0 bridgehead atoms. The van der Waals surface area contributed by atoms with Gasteiger partial charge in [0.25, 0.3) is 0 Å². The molecule has 1 amide bonds. The number of aliphatic carboxylic acids is 1. The van der Waals surface area contributed by atoms with Crippen LogP contribution in [-0.4, -0.2) is 29.8 Å². The number of benzene rings is 3. The minimum absolute atomic E-state index is 0.0584. The van der Waals surface area contributed by atoms with Crippen molar-refractivity contribution < 1.29 is 32.6 Å². The number of rotatable bonds is 6. The summed E-state index contributed by atoms with van der Waals surface area (Å²) in [6.45, 7) is -0.0584. The number of alkyl carbamates (subject to hydrolysis) is 1. The monoisotopic (exact) mass is 489 g/mol. The maximum Gasteiger partial charge on any atom is 0.418 e. The van der Waals surface area contributed by atoms with Gasteiger partial charge in [0, 0.05) is 12.3 Å². The van der Waals surface area contributed by atoms with Crippen molar-refractivity contribution in [1.82, 2.24) is 5.32 Å². The van der Waals surface area contributed by atoms with Crippen molar-refractivity contribution in [3.63, 3.8) is 0 Å². The Morgan fingerprint density at radius 3 is 2.12 bits per heavy atom. The van der Waals surface area contributed by atoms with Crippen molar-refractivity contribution >= 4 is 23.7 Å². The van der Waals surface area contributed by atoms with Crippen molar-refractivity contribution in [2.75, 3.05) is 6.61 Å². The normalized spacial score (nSPS) is 13.6. The van der Waals surface area contributed by atoms with Crippen LogP contribution in [-0.2, 0) is 22.1 Å². The van der Waals surface area contributed by atoms with Crippen molar-refractivity contribution in [3.05, 3.63) is 94.0 Å². The van der Waals surface area contributed by atoms with E-state index in [1.165, 1.54) is 6.07 Å². The van der Waals surface area contributed by atoms with Crippen LogP contribution in [0.25, 0.3) is 11.1 Å². The Hall–Kier alpha value is -3.52. The third kappa shape index (κ3) is 4.72. The second-order valence-corrected chi connectivity index (χ2v) is 8.24. The predicted molar refractivity (Wildman–Crippen MR) is 120 cm³/mol. The first-order valence-electron chi connectivity index (χ1n) is 10.4. The molecule has 0 fully saturated rings. The number of hydrogen-bond donors (Lipinski definition) is 2. The van der Waals surface area contributed by atoms with Crippen molar-refractivity contribution in [3.8, 4) is 11.1 Å². The summed E-state index contributed by atoms with van der Waals surface area (Å²) in [6, 6.07) is 17.2. The number of fused-ring (bicyclic) bond motifs is 3. The number of halogens is 4. The van der Waals surface area contributed by atoms with E-state index >= 15 is 0 Å². The van der Waals surface area contributed by atoms with Crippen LogP contribution in [0.4, 0.5) is 18.0 Å². The van der Waals surface area contributed by atoms with E-state index in [0.717, 1.165) is 34.4 Å². The van der Waals surface area contributed by atoms with Crippen LogP contribution >= 0.6 is 11.6 Å². The standard InChI is InChI=1S/C25H19ClF3NO4/c26-20-11-5-6-14(22(20)25(27,28)29)12-21(23(31)32)30-24(33)34-13-19-17-9-3-1-7-15(17)16-8-2-4-10-18(16)19/h1-11,19,21H,12-13H2,(H,30,33)(H,31,32)/t21-/m0/s1. The number of carboxylic acids is 1. The van der Waals surface area contributed by atoms with Crippen LogP contribution < -0.4 is 5.32 Å². The molecule has 0 radical (unpaired) electrons. The molecular formula is C25H19ClF3NO4. The van der Waals surface area contributed by atoms with Crippen LogP contribution in [0.1, 0.15) is 28.2 Å². The van der Waals surface area contributed by atoms with E-state index in [2.05, 4.69) is 5.32 Å². The van der Waals surface area contributed by atoms with Crippen LogP contribution in [0.5, 0.6) is 0 Å². The zero-order chi connectivity index (χ0) is 24.5. The number of hydrogen-bond acceptors (Lipinski definition) is 3. The largest absolute Gasteiger partial charge is 0.480 e. The molecule has 1 atom stereocenters. The molecule has 0 spiro atoms. The number of carbonyl (C=O) groups is 2. The van der Waals surface area contributed by atoms with E-state index in [1.807, 2.05) is 48.5 Å². The zero-order valence-electron chi connectivity index (χ0n) is 17.6. The molecule has 3 aromatic carbocycles. The Labute approximate surface area is 198 Å². The first-order chi connectivity index (χ1) is 16.2. The fourth-order valence-corrected chi connectivity index (χ4v) is 4.56. The summed E-state index contributed by atoms with van der Waals surface area (Å²) < 4.78 is 45.6. The van der Waals surface area contributed by atoms with Gasteiger partial charge < -0.3 is 15.2 Å². The second kappa shape index (κ2) is 9.38. The van der Waals surface area contributed by atoms with Gasteiger partial charge in [0.05, 0.1) is 10.6 Å². The molecule has 0 heterocycles. The lowest BCUT2D eigenvalue weighted by Gasteiger charge is -2.20. The maximum atomic E-state index is 13.4. The van der Waals surface area contributed by atoms with Crippen LogP contribution in [0, 0.1) is 0 Å². The van der Waals surface area contributed by atoms with Gasteiger partial charge in [-0.05, 0) is 33.9 Å². The van der Waals surface area contributed by atoms with Gasteiger partial charge in [-0.3, -0.25) is 0 Å². The van der Waals surface area contributed by atoms with Gasteiger partial charge in [0.2, 0.25) is 0 Å². The Bertz CT molecular complexity index is 1200. The van der Waals surface area contributed by atoms with Crippen molar-refractivity contribution in [2.45, 2.75) is 24.6 Å². The summed E-state index contributed by atoms with van der Waals surface area (Å²) in [6.07, 6.45) is -6.43. The van der Waals surface area contributed by atoms with Gasteiger partial charge in [0.1, 0.15) is 12.6 Å². The smallest absolute Gasteiger partial charge is 0.418 e. The molecule has 2 N–H and O–H groups in total. The summed E-state index contributed by atoms with van der Waals surface area (Å²) in [4.78, 5) is 24.1. The highest BCUT2D eigenvalue weighted by molar-refractivity contribution is 6.31. The summed E-state index contributed by atoms with van der Waals surface area (Å²) in [7, 11) is 0. The number of amides is 1. The molecule has 1 aliphatic carbocycles. The molecule has 5 nitrogen and oxygen atoms in total. The molecule has 176 valence electrons. The Balaban J connectivity index is 1.48. The van der Waals surface area contributed by atoms with Crippen molar-refractivity contribution in [2.24, 2.45) is 0 Å². The van der Waals surface area contributed by atoms with E-state index in [4.69, 9.17) is 16.3 Å². The Morgan fingerprint density at radius 2 is 1.56 bits per heavy atom. The van der Waals surface area contributed by atoms with E-state index in [-0.39, 0.29) is 18.1 Å². The average Bonchev–Trinajstić information content (AvgIpc) is 3.10. The molecule has 1 aliphatic rings. The van der Waals surface area contributed by atoms with E-state index in [1.54, 1.807) is 0 Å². The van der Waals surface area contributed by atoms with Crippen LogP contribution in [0.3, 0.4) is 0 Å². The van der Waals surface area contributed by atoms with Gasteiger partial charge in [-0.2, -0.15) is 13.2 Å². The molecule has 3 aromatic rings. The van der Waals surface area contributed by atoms with E-state index in [9.17, 15) is 27.9 Å². The summed E-state index contributed by atoms with van der Waals surface area (Å²) in [5, 5.41) is 11.1. The zero-order valence-corrected chi connectivity index (χ0v) is 18.4. The molecule has 0 aromatic heterocycles. The van der Waals surface area contributed by atoms with E-state index < -0.39 is 41.3 Å². The minimum atomic E-state index is -4.78. The molecule has 9 heteroatoms. The average molecular weight is 490 g/mol. The lowest BCUT2D eigenvalue weighted by atomic mass is 9.98. The summed E-state index contributed by atoms with van der Waals surface area (Å²) >= 11 is 5.71. The lowest BCUT2D eigenvalue weighted by Crippen LogP contribution is -2.43. The third-order valence-corrected chi connectivity index (χ3v) is 6.06. The quantitative estimate of drug-likeness (QED) is 0.452. The molecule has 0 saturated carbocycles. The Morgan fingerprint density at radius 1 is 0.971 bits per heavy atom. The lowest BCUT2D eigenvalue weighted by molar-refractivity contribution is -0.141. The molecular weight excluding hydrogens is 471 g/mol. The van der Waals surface area contributed by atoms with Crippen LogP contribution in [0.2, 0.25) is 5.02 Å². The molecule has 4 rings (SSSR count). The van der Waals surface area contributed by atoms with Gasteiger partial charge >= 0.3 is 18.2 Å². The number of alkyl halides is 3. The highest BCUT2D eigenvalue weighted by Gasteiger charge is 2.37. The fraction of sp³-hybridized carbons (Fsp3) is 0.200. The molecule has 0 aliphatic heterocycles. The number of carboxylic acid groups (broad SMARTS) is 1. The van der Waals surface area contributed by atoms with Gasteiger partial charge in [-0.1, -0.05) is 72.3 Å². The second-order valence-electron chi connectivity index (χ2n) is 7.84. The molecule has 0 unspecified atom stereocenters. The summed E-state index contributed by atoms with van der Waals surface area (Å²) in [5.74, 6) is -1.74. The number of ether oxygens (including phenoxy) is 1. The van der Waals surface area contributed by atoms with Gasteiger partial charge in [0.15, 0.2) is 0 Å². The fourth-order valence-electron chi connectivity index (χ4n) is 4.26. The molecule has 34 heavy (non-hydrogen) atoms. The highest BCUT2D eigenvalue weighted by atomic mass is 35.5. The first-order valence-corrected chi connectivity index (χ1v) is 10.7. The highest BCUT2D eigenvalue weighted by Crippen LogP contribution is 2.44. The van der Waals surface area contributed by atoms with Gasteiger partial charge in [-0.15, -0.1) is 0 Å². The molecule has 0 saturated heterocycles. The maximum absolute atomic E-state index is 13.4. The SMILES string of the molecule is O=C(N[C@@H](Cc1cccc(Cl)c1C(F)(F)F)C(=O)O)OCC1c2ccccc2-c2ccccc21. The summed E-state index contributed by atoms with van der Waals surface area (Å²) in [5.41, 5.74) is 2.52. The topological polar surface area (TPSA) is 75.6 Å². The Kier molecular flexibility index (Phi) is 6.52. The van der Waals surface area contributed by atoms with Crippen molar-refractivity contribution in [1.29, 1.82) is 0 Å².